The average Bonchev–Trinajstić information content (AvgIpc) is 2.45. The summed E-state index contributed by atoms with van der Waals surface area (Å²) in [7, 11) is 0. The molecule has 1 aromatic carbocycles. The van der Waals surface area contributed by atoms with Gasteiger partial charge in [0.15, 0.2) is 0 Å². The van der Waals surface area contributed by atoms with E-state index in [1.165, 1.54) is 0 Å². The van der Waals surface area contributed by atoms with Crippen LogP contribution in [-0.2, 0) is 0 Å². The van der Waals surface area contributed by atoms with Gasteiger partial charge in [0.1, 0.15) is 11.4 Å². The SMILES string of the molecule is CC/C(=N\Nc1nnc(C)c(=O)[nH]1)c1ccc(O)cc1. The normalized spacial score (nSPS) is 11.4. The van der Waals surface area contributed by atoms with Crippen LogP contribution < -0.4 is 11.0 Å². The number of anilines is 1. The Morgan fingerprint density at radius 2 is 2.05 bits per heavy atom. The third-order valence-corrected chi connectivity index (χ3v) is 2.69. The van der Waals surface area contributed by atoms with Crippen molar-refractivity contribution in [3.8, 4) is 5.75 Å². The number of nitrogens with zero attached hydrogens (tertiary/aromatic N) is 3. The minimum Gasteiger partial charge on any atom is -0.508 e. The van der Waals surface area contributed by atoms with Crippen molar-refractivity contribution >= 4 is 11.7 Å². The topological polar surface area (TPSA) is 103 Å². The molecule has 2 rings (SSSR count). The first-order valence-corrected chi connectivity index (χ1v) is 6.15. The Labute approximate surface area is 115 Å². The van der Waals surface area contributed by atoms with Gasteiger partial charge in [-0.05, 0) is 43.2 Å². The minimum atomic E-state index is -0.305. The number of aromatic nitrogens is 3. The molecular weight excluding hydrogens is 258 g/mol. The predicted octanol–water partition coefficient (Wildman–Crippen LogP) is 1.41. The molecule has 0 fully saturated rings. The molecule has 20 heavy (non-hydrogen) atoms. The molecule has 0 bridgehead atoms. The van der Waals surface area contributed by atoms with E-state index in [4.69, 9.17) is 0 Å². The van der Waals surface area contributed by atoms with Crippen molar-refractivity contribution in [3.63, 3.8) is 0 Å². The van der Waals surface area contributed by atoms with Crippen LogP contribution in [0.15, 0.2) is 34.2 Å². The van der Waals surface area contributed by atoms with Gasteiger partial charge < -0.3 is 5.11 Å². The van der Waals surface area contributed by atoms with Crippen LogP contribution in [0, 0.1) is 6.92 Å². The second-order valence-corrected chi connectivity index (χ2v) is 4.16. The van der Waals surface area contributed by atoms with Crippen molar-refractivity contribution in [1.29, 1.82) is 0 Å². The summed E-state index contributed by atoms with van der Waals surface area (Å²) in [5, 5.41) is 21.0. The summed E-state index contributed by atoms with van der Waals surface area (Å²) in [6, 6.07) is 6.72. The number of benzene rings is 1. The van der Waals surface area contributed by atoms with Gasteiger partial charge in [-0.1, -0.05) is 6.92 Å². The molecule has 0 spiro atoms. The van der Waals surface area contributed by atoms with Gasteiger partial charge in [-0.2, -0.15) is 5.10 Å². The maximum absolute atomic E-state index is 11.4. The Bertz CT molecular complexity index is 676. The van der Waals surface area contributed by atoms with Crippen molar-refractivity contribution < 1.29 is 5.11 Å². The summed E-state index contributed by atoms with van der Waals surface area (Å²) < 4.78 is 0. The minimum absolute atomic E-state index is 0.185. The van der Waals surface area contributed by atoms with E-state index in [0.717, 1.165) is 11.3 Å². The monoisotopic (exact) mass is 273 g/mol. The van der Waals surface area contributed by atoms with Crippen LogP contribution in [0.2, 0.25) is 0 Å². The Hall–Kier alpha value is -2.70. The molecule has 104 valence electrons. The zero-order valence-corrected chi connectivity index (χ0v) is 11.2. The first-order chi connectivity index (χ1) is 9.60. The van der Waals surface area contributed by atoms with Crippen LogP contribution in [0.25, 0.3) is 0 Å². The standard InChI is InChI=1S/C13H15N5O2/c1-3-11(9-4-6-10(19)7-5-9)16-18-13-14-12(20)8(2)15-17-13/h4-7,19H,3H2,1-2H3,(H2,14,17,18,20)/b16-11+. The summed E-state index contributed by atoms with van der Waals surface area (Å²) in [5.74, 6) is 0.385. The summed E-state index contributed by atoms with van der Waals surface area (Å²) >= 11 is 0. The molecule has 0 aliphatic carbocycles. The summed E-state index contributed by atoms with van der Waals surface area (Å²) in [6.45, 7) is 3.53. The number of hydrogen-bond acceptors (Lipinski definition) is 6. The lowest BCUT2D eigenvalue weighted by Gasteiger charge is -2.05. The number of H-pyrrole nitrogens is 1. The Morgan fingerprint density at radius 3 is 2.65 bits per heavy atom. The lowest BCUT2D eigenvalue weighted by molar-refractivity contribution is 0.475. The number of phenols is 1. The fourth-order valence-electron chi connectivity index (χ4n) is 1.57. The molecule has 7 nitrogen and oxygen atoms in total. The van der Waals surface area contributed by atoms with Gasteiger partial charge in [-0.15, -0.1) is 10.2 Å². The maximum Gasteiger partial charge on any atom is 0.274 e. The molecule has 0 unspecified atom stereocenters. The number of hydrazone groups is 1. The molecule has 2 aromatic rings. The Kier molecular flexibility index (Phi) is 4.09. The number of rotatable bonds is 4. The van der Waals surface area contributed by atoms with Gasteiger partial charge in [0, 0.05) is 0 Å². The first kappa shape index (κ1) is 13.7. The largest absolute Gasteiger partial charge is 0.508 e. The van der Waals surface area contributed by atoms with Crippen LogP contribution in [0.5, 0.6) is 5.75 Å². The van der Waals surface area contributed by atoms with Crippen molar-refractivity contribution in [1.82, 2.24) is 15.2 Å². The van der Waals surface area contributed by atoms with Gasteiger partial charge in [-0.25, -0.2) is 5.43 Å². The molecule has 1 aromatic heterocycles. The highest BCUT2D eigenvalue weighted by molar-refractivity contribution is 6.00. The molecule has 0 aliphatic rings. The molecule has 0 saturated carbocycles. The second kappa shape index (κ2) is 5.96. The molecule has 0 aliphatic heterocycles. The van der Waals surface area contributed by atoms with Gasteiger partial charge in [0.25, 0.3) is 5.56 Å². The summed E-state index contributed by atoms with van der Waals surface area (Å²) in [6.07, 6.45) is 0.682. The van der Waals surface area contributed by atoms with Crippen molar-refractivity contribution in [3.05, 3.63) is 45.9 Å². The smallest absolute Gasteiger partial charge is 0.274 e. The highest BCUT2D eigenvalue weighted by Crippen LogP contribution is 2.12. The third kappa shape index (κ3) is 3.19. The van der Waals surface area contributed by atoms with E-state index < -0.39 is 0 Å². The molecule has 3 N–H and O–H groups in total. The zero-order chi connectivity index (χ0) is 14.5. The van der Waals surface area contributed by atoms with Crippen molar-refractivity contribution in [2.75, 3.05) is 5.43 Å². The number of aromatic hydroxyl groups is 1. The Morgan fingerprint density at radius 1 is 1.35 bits per heavy atom. The van der Waals surface area contributed by atoms with Gasteiger partial charge in [0.05, 0.1) is 5.71 Å². The van der Waals surface area contributed by atoms with Crippen LogP contribution in [0.4, 0.5) is 5.95 Å². The number of nitrogens with one attached hydrogen (secondary N) is 2. The van der Waals surface area contributed by atoms with E-state index in [1.807, 2.05) is 6.92 Å². The molecule has 0 atom stereocenters. The highest BCUT2D eigenvalue weighted by Gasteiger charge is 2.03. The number of aromatic amines is 1. The average molecular weight is 273 g/mol. The van der Waals surface area contributed by atoms with E-state index in [0.29, 0.717) is 12.1 Å². The van der Waals surface area contributed by atoms with Gasteiger partial charge in [-0.3, -0.25) is 9.78 Å². The molecule has 1 heterocycles. The third-order valence-electron chi connectivity index (χ3n) is 2.69. The van der Waals surface area contributed by atoms with Gasteiger partial charge in [0.2, 0.25) is 5.95 Å². The van der Waals surface area contributed by atoms with E-state index >= 15 is 0 Å². The van der Waals surface area contributed by atoms with E-state index in [2.05, 4.69) is 25.7 Å². The summed E-state index contributed by atoms with van der Waals surface area (Å²) in [5.41, 5.74) is 4.31. The van der Waals surface area contributed by atoms with E-state index in [-0.39, 0.29) is 17.3 Å². The maximum atomic E-state index is 11.4. The van der Waals surface area contributed by atoms with E-state index in [9.17, 15) is 9.90 Å². The molecular formula is C13H15N5O2. The first-order valence-electron chi connectivity index (χ1n) is 6.15. The Balaban J connectivity index is 2.21. The van der Waals surface area contributed by atoms with Crippen LogP contribution in [0.1, 0.15) is 24.6 Å². The van der Waals surface area contributed by atoms with E-state index in [1.54, 1.807) is 31.2 Å². The summed E-state index contributed by atoms with van der Waals surface area (Å²) in [4.78, 5) is 13.9. The molecule has 0 radical (unpaired) electrons. The fourth-order valence-corrected chi connectivity index (χ4v) is 1.57. The van der Waals surface area contributed by atoms with Crippen molar-refractivity contribution in [2.45, 2.75) is 20.3 Å². The van der Waals surface area contributed by atoms with Crippen LogP contribution in [-0.4, -0.2) is 26.0 Å². The lowest BCUT2D eigenvalue weighted by atomic mass is 10.1. The quantitative estimate of drug-likeness (QED) is 0.577. The molecule has 7 heteroatoms. The highest BCUT2D eigenvalue weighted by atomic mass is 16.3. The van der Waals surface area contributed by atoms with Gasteiger partial charge >= 0.3 is 0 Å². The predicted molar refractivity (Wildman–Crippen MR) is 75.9 cm³/mol. The lowest BCUT2D eigenvalue weighted by Crippen LogP contribution is -2.16. The van der Waals surface area contributed by atoms with Crippen molar-refractivity contribution in [2.24, 2.45) is 5.10 Å². The number of hydrogen-bond donors (Lipinski definition) is 3. The number of aryl methyl sites for hydroxylation is 1. The second-order valence-electron chi connectivity index (χ2n) is 4.16. The van der Waals surface area contributed by atoms with Crippen LogP contribution >= 0.6 is 0 Å². The van der Waals surface area contributed by atoms with Crippen LogP contribution in [0.3, 0.4) is 0 Å². The number of phenolic OH excluding ortho intramolecular Hbond substituents is 1. The fraction of sp³-hybridized carbons (Fsp3) is 0.231. The zero-order valence-electron chi connectivity index (χ0n) is 11.2. The molecule has 0 saturated heterocycles. The molecule has 0 amide bonds.